The molecule has 0 aliphatic heterocycles. The van der Waals surface area contributed by atoms with E-state index in [9.17, 15) is 4.79 Å². The molecule has 1 amide bonds. The summed E-state index contributed by atoms with van der Waals surface area (Å²) in [7, 11) is 0. The summed E-state index contributed by atoms with van der Waals surface area (Å²) in [5, 5.41) is 8.24. The Morgan fingerprint density at radius 2 is 1.96 bits per heavy atom. The molecule has 0 spiro atoms. The van der Waals surface area contributed by atoms with Gasteiger partial charge >= 0.3 is 0 Å². The van der Waals surface area contributed by atoms with Crippen LogP contribution in [0.2, 0.25) is 5.15 Å². The Morgan fingerprint density at radius 1 is 1.12 bits per heavy atom. The fourth-order valence-electron chi connectivity index (χ4n) is 5.90. The zero-order valence-electron chi connectivity index (χ0n) is 14.1. The third-order valence-electron chi connectivity index (χ3n) is 7.27. The highest BCUT2D eigenvalue weighted by atomic mass is 35.5. The van der Waals surface area contributed by atoms with E-state index >= 15 is 0 Å². The molecule has 5 atom stereocenters. The molecule has 4 saturated carbocycles. The van der Waals surface area contributed by atoms with Crippen molar-refractivity contribution in [2.75, 3.05) is 0 Å². The molecule has 4 nitrogen and oxygen atoms in total. The largest absolute Gasteiger partial charge is 0.349 e. The topological polar surface area (TPSA) is 46.9 Å². The Hall–Kier alpha value is -1.03. The third-order valence-corrected chi connectivity index (χ3v) is 7.65. The van der Waals surface area contributed by atoms with Gasteiger partial charge in [0, 0.05) is 6.04 Å². The van der Waals surface area contributed by atoms with E-state index in [4.69, 9.17) is 11.6 Å². The third kappa shape index (κ3) is 2.40. The molecule has 0 aromatic carbocycles. The van der Waals surface area contributed by atoms with Crippen molar-refractivity contribution < 1.29 is 4.79 Å². The molecule has 0 radical (unpaired) electrons. The molecule has 4 unspecified atom stereocenters. The number of nitrogens with zero attached hydrogens (tertiary/aromatic N) is 2. The highest BCUT2D eigenvalue weighted by molar-refractivity contribution is 6.32. The molecule has 4 aliphatic carbocycles. The van der Waals surface area contributed by atoms with E-state index in [0.717, 1.165) is 37.0 Å². The van der Waals surface area contributed by atoms with E-state index in [1.54, 1.807) is 6.20 Å². The van der Waals surface area contributed by atoms with Gasteiger partial charge in [-0.25, -0.2) is 0 Å². The Bertz CT molecular complexity index is 653. The summed E-state index contributed by atoms with van der Waals surface area (Å²) in [5.41, 5.74) is 0.563. The van der Waals surface area contributed by atoms with Crippen LogP contribution in [-0.2, 0) is 0 Å². The van der Waals surface area contributed by atoms with Gasteiger partial charge in [0.1, 0.15) is 5.15 Å². The summed E-state index contributed by atoms with van der Waals surface area (Å²) in [6, 6.07) is 0.726. The van der Waals surface area contributed by atoms with Crippen molar-refractivity contribution in [3.63, 3.8) is 0 Å². The van der Waals surface area contributed by atoms with Gasteiger partial charge < -0.3 is 5.32 Å². The molecule has 3 bridgehead atoms. The molecule has 0 saturated heterocycles. The zero-order chi connectivity index (χ0) is 16.3. The van der Waals surface area contributed by atoms with Crippen molar-refractivity contribution in [1.29, 1.82) is 0 Å². The Kier molecular flexibility index (Phi) is 3.66. The monoisotopic (exact) mass is 347 g/mol. The number of fused-ring (bicyclic) bond motifs is 2. The van der Waals surface area contributed by atoms with Gasteiger partial charge in [0.05, 0.1) is 17.8 Å². The lowest BCUT2D eigenvalue weighted by molar-refractivity contribution is 0.0912. The Balaban J connectivity index is 1.32. The van der Waals surface area contributed by atoms with E-state index in [1.165, 1.54) is 38.5 Å². The second-order valence-corrected chi connectivity index (χ2v) is 8.99. The molecule has 4 aliphatic rings. The summed E-state index contributed by atoms with van der Waals surface area (Å²) in [6.07, 6.45) is 13.1. The predicted octanol–water partition coefficient (Wildman–Crippen LogP) is 4.21. The van der Waals surface area contributed by atoms with Crippen LogP contribution in [0.4, 0.5) is 0 Å². The smallest absolute Gasteiger partial charge is 0.256 e. The fourth-order valence-corrected chi connectivity index (χ4v) is 6.22. The van der Waals surface area contributed by atoms with Gasteiger partial charge in [-0.1, -0.05) is 11.6 Å². The van der Waals surface area contributed by atoms with Crippen molar-refractivity contribution in [1.82, 2.24) is 15.1 Å². The lowest BCUT2D eigenvalue weighted by Crippen LogP contribution is -2.41. The Labute approximate surface area is 148 Å². The number of rotatable bonds is 3. The first-order valence-corrected chi connectivity index (χ1v) is 10.1. The van der Waals surface area contributed by atoms with Gasteiger partial charge in [-0.3, -0.25) is 9.48 Å². The molecule has 1 aromatic heterocycles. The zero-order valence-corrected chi connectivity index (χ0v) is 14.8. The number of aromatic nitrogens is 2. The average molecular weight is 348 g/mol. The van der Waals surface area contributed by atoms with Gasteiger partial charge in [0.2, 0.25) is 0 Å². The summed E-state index contributed by atoms with van der Waals surface area (Å²) in [6.45, 7) is 0. The average Bonchev–Trinajstić information content (AvgIpc) is 2.99. The van der Waals surface area contributed by atoms with Crippen LogP contribution in [0.25, 0.3) is 0 Å². The molecular weight excluding hydrogens is 322 g/mol. The van der Waals surface area contributed by atoms with Crippen molar-refractivity contribution in [2.45, 2.75) is 69.9 Å². The van der Waals surface area contributed by atoms with Gasteiger partial charge in [0.15, 0.2) is 0 Å². The lowest BCUT2D eigenvalue weighted by Gasteiger charge is -2.27. The van der Waals surface area contributed by atoms with Crippen LogP contribution in [0.1, 0.15) is 74.2 Å². The fraction of sp³-hybridized carbons (Fsp3) is 0.789. The van der Waals surface area contributed by atoms with E-state index in [-0.39, 0.29) is 5.91 Å². The molecule has 1 aromatic rings. The second kappa shape index (κ2) is 5.76. The van der Waals surface area contributed by atoms with Crippen LogP contribution >= 0.6 is 11.6 Å². The van der Waals surface area contributed by atoms with E-state index in [1.807, 2.05) is 4.68 Å². The first-order chi connectivity index (χ1) is 11.7. The van der Waals surface area contributed by atoms with Crippen molar-refractivity contribution >= 4 is 17.5 Å². The van der Waals surface area contributed by atoms with E-state index < -0.39 is 0 Å². The second-order valence-electron chi connectivity index (χ2n) is 8.63. The minimum atomic E-state index is -0.0169. The molecular formula is C19H26ClN3O. The van der Waals surface area contributed by atoms with Crippen LogP contribution in [0.15, 0.2) is 6.20 Å². The van der Waals surface area contributed by atoms with Crippen LogP contribution in [0.5, 0.6) is 0 Å². The van der Waals surface area contributed by atoms with Crippen LogP contribution in [-0.4, -0.2) is 21.7 Å². The van der Waals surface area contributed by atoms with E-state index in [0.29, 0.717) is 28.7 Å². The summed E-state index contributed by atoms with van der Waals surface area (Å²) < 4.78 is 1.85. The molecule has 130 valence electrons. The number of amides is 1. The maximum atomic E-state index is 12.8. The molecule has 1 N–H and O–H groups in total. The SMILES string of the molecule is O=C(N[C@H]1CCC2CC3CC(C2)C1C3)c1cnn(C2CCC2)c1Cl. The minimum Gasteiger partial charge on any atom is -0.349 e. The predicted molar refractivity (Wildman–Crippen MR) is 93.0 cm³/mol. The molecule has 5 rings (SSSR count). The van der Waals surface area contributed by atoms with Gasteiger partial charge in [-0.05, 0) is 81.5 Å². The first kappa shape index (κ1) is 15.2. The number of carbonyl (C=O) groups is 1. The van der Waals surface area contributed by atoms with Crippen LogP contribution < -0.4 is 5.32 Å². The lowest BCUT2D eigenvalue weighted by atomic mass is 9.80. The molecule has 4 fully saturated rings. The van der Waals surface area contributed by atoms with Crippen molar-refractivity contribution in [3.8, 4) is 0 Å². The van der Waals surface area contributed by atoms with Crippen molar-refractivity contribution in [3.05, 3.63) is 16.9 Å². The maximum absolute atomic E-state index is 12.8. The molecule has 24 heavy (non-hydrogen) atoms. The summed E-state index contributed by atoms with van der Waals surface area (Å²) >= 11 is 6.46. The summed E-state index contributed by atoms with van der Waals surface area (Å²) in [4.78, 5) is 12.8. The highest BCUT2D eigenvalue weighted by Crippen LogP contribution is 2.53. The number of carbonyl (C=O) groups excluding carboxylic acids is 1. The van der Waals surface area contributed by atoms with Crippen molar-refractivity contribution in [2.24, 2.45) is 23.7 Å². The first-order valence-electron chi connectivity index (χ1n) is 9.73. The van der Waals surface area contributed by atoms with Crippen LogP contribution in [0, 0.1) is 23.7 Å². The highest BCUT2D eigenvalue weighted by Gasteiger charge is 2.46. The number of halogens is 1. The molecule has 5 heteroatoms. The standard InChI is InChI=1S/C19H26ClN3O/c20-18-16(10-21-23(18)14-2-1-3-14)19(24)22-17-5-4-11-6-12-8-13(7-11)15(17)9-12/h10-15,17H,1-9H2,(H,22,24)/t11?,12?,13?,15?,17-/m0/s1. The normalized spacial score (nSPS) is 38.0. The number of hydrogen-bond acceptors (Lipinski definition) is 2. The summed E-state index contributed by atoms with van der Waals surface area (Å²) in [5.74, 6) is 3.34. The molecule has 1 heterocycles. The Morgan fingerprint density at radius 3 is 2.75 bits per heavy atom. The number of hydrogen-bond donors (Lipinski definition) is 1. The maximum Gasteiger partial charge on any atom is 0.256 e. The number of nitrogens with one attached hydrogen (secondary N) is 1. The van der Waals surface area contributed by atoms with Crippen LogP contribution in [0.3, 0.4) is 0 Å². The van der Waals surface area contributed by atoms with E-state index in [2.05, 4.69) is 10.4 Å². The van der Waals surface area contributed by atoms with Gasteiger partial charge in [0.25, 0.3) is 5.91 Å². The van der Waals surface area contributed by atoms with Gasteiger partial charge in [-0.15, -0.1) is 0 Å². The quantitative estimate of drug-likeness (QED) is 0.890. The van der Waals surface area contributed by atoms with Gasteiger partial charge in [-0.2, -0.15) is 5.10 Å². The minimum absolute atomic E-state index is 0.0169.